The normalized spacial score (nSPS) is 33.0. The smallest absolute Gasteiger partial charge is 0.0887 e. The summed E-state index contributed by atoms with van der Waals surface area (Å²) in [5.74, 6) is 0. The summed E-state index contributed by atoms with van der Waals surface area (Å²) in [5, 5.41) is 0. The topological polar surface area (TPSA) is 18.5 Å². The molecule has 1 atom stereocenters. The van der Waals surface area contributed by atoms with E-state index in [0.717, 1.165) is 26.2 Å². The lowest BCUT2D eigenvalue weighted by Crippen LogP contribution is -2.29. The van der Waals surface area contributed by atoms with Crippen LogP contribution in [0.25, 0.3) is 0 Å². The first-order valence-corrected chi connectivity index (χ1v) is 3.98. The second-order valence-corrected chi connectivity index (χ2v) is 3.04. The third-order valence-corrected chi connectivity index (χ3v) is 1.91. The van der Waals surface area contributed by atoms with Crippen molar-refractivity contribution in [3.63, 3.8) is 0 Å². The molecule has 0 spiro atoms. The van der Waals surface area contributed by atoms with Crippen LogP contribution in [0.2, 0.25) is 0 Å². The second-order valence-electron chi connectivity index (χ2n) is 3.04. The molecule has 1 rings (SSSR count). The molecule has 0 bridgehead atoms. The summed E-state index contributed by atoms with van der Waals surface area (Å²) in [5.41, 5.74) is 0.0238. The molecule has 1 heterocycles. The highest BCUT2D eigenvalue weighted by Crippen LogP contribution is 2.24. The third-order valence-electron chi connectivity index (χ3n) is 1.91. The minimum absolute atomic E-state index is 0.0238. The van der Waals surface area contributed by atoms with Crippen molar-refractivity contribution in [3.8, 4) is 0 Å². The molecule has 0 aromatic carbocycles. The first-order valence-electron chi connectivity index (χ1n) is 3.98. The molecule has 0 N–H and O–H groups in total. The average molecular weight is 144 g/mol. The van der Waals surface area contributed by atoms with Gasteiger partial charge in [-0.3, -0.25) is 0 Å². The predicted octanol–water partition coefficient (Wildman–Crippen LogP) is 1.59. The van der Waals surface area contributed by atoms with E-state index in [9.17, 15) is 0 Å². The van der Waals surface area contributed by atoms with Gasteiger partial charge in [-0.25, -0.2) is 0 Å². The molecular formula is C8H16O2. The molecule has 0 aromatic rings. The fourth-order valence-electron chi connectivity index (χ4n) is 1.27. The van der Waals surface area contributed by atoms with Crippen molar-refractivity contribution in [2.24, 2.45) is 0 Å². The maximum Gasteiger partial charge on any atom is 0.0887 e. The molecule has 2 nitrogen and oxygen atoms in total. The largest absolute Gasteiger partial charge is 0.379 e. The zero-order valence-electron chi connectivity index (χ0n) is 6.85. The molecule has 60 valence electrons. The highest BCUT2D eigenvalue weighted by Gasteiger charge is 2.29. The Bertz CT molecular complexity index is 95.4. The van der Waals surface area contributed by atoms with Crippen molar-refractivity contribution in [1.29, 1.82) is 0 Å². The van der Waals surface area contributed by atoms with E-state index in [0.29, 0.717) is 0 Å². The SMILES string of the molecule is CCOCC1(C)CCCO1. The average Bonchev–Trinajstić information content (AvgIpc) is 2.33. The monoisotopic (exact) mass is 144 g/mol. The number of rotatable bonds is 3. The summed E-state index contributed by atoms with van der Waals surface area (Å²) in [6, 6.07) is 0. The zero-order valence-corrected chi connectivity index (χ0v) is 6.85. The lowest BCUT2D eigenvalue weighted by atomic mass is 10.1. The van der Waals surface area contributed by atoms with E-state index in [4.69, 9.17) is 9.47 Å². The fourth-order valence-corrected chi connectivity index (χ4v) is 1.27. The summed E-state index contributed by atoms with van der Waals surface area (Å²) < 4.78 is 10.8. The number of ether oxygens (including phenoxy) is 2. The fraction of sp³-hybridized carbons (Fsp3) is 1.00. The van der Waals surface area contributed by atoms with Crippen LogP contribution in [-0.4, -0.2) is 25.4 Å². The molecule has 2 heteroatoms. The van der Waals surface area contributed by atoms with E-state index < -0.39 is 0 Å². The summed E-state index contributed by atoms with van der Waals surface area (Å²) in [6.45, 7) is 6.58. The Hall–Kier alpha value is -0.0800. The van der Waals surface area contributed by atoms with E-state index in [1.807, 2.05) is 6.92 Å². The highest BCUT2D eigenvalue weighted by atomic mass is 16.5. The summed E-state index contributed by atoms with van der Waals surface area (Å²) in [4.78, 5) is 0. The van der Waals surface area contributed by atoms with Crippen LogP contribution >= 0.6 is 0 Å². The summed E-state index contributed by atoms with van der Waals surface area (Å²) in [7, 11) is 0. The van der Waals surface area contributed by atoms with Gasteiger partial charge in [0.05, 0.1) is 12.2 Å². The Kier molecular flexibility index (Phi) is 2.69. The van der Waals surface area contributed by atoms with E-state index >= 15 is 0 Å². The second kappa shape index (κ2) is 3.35. The van der Waals surface area contributed by atoms with Crippen LogP contribution in [0.4, 0.5) is 0 Å². The van der Waals surface area contributed by atoms with Crippen molar-refractivity contribution in [1.82, 2.24) is 0 Å². The Morgan fingerprint density at radius 1 is 1.60 bits per heavy atom. The molecule has 10 heavy (non-hydrogen) atoms. The highest BCUT2D eigenvalue weighted by molar-refractivity contribution is 4.79. The molecule has 1 aliphatic heterocycles. The molecular weight excluding hydrogens is 128 g/mol. The molecule has 1 saturated heterocycles. The molecule has 0 saturated carbocycles. The van der Waals surface area contributed by atoms with Crippen molar-refractivity contribution in [2.75, 3.05) is 19.8 Å². The Labute approximate surface area is 62.5 Å². The molecule has 1 fully saturated rings. The van der Waals surface area contributed by atoms with Gasteiger partial charge in [-0.1, -0.05) is 0 Å². The predicted molar refractivity (Wildman–Crippen MR) is 40.1 cm³/mol. The van der Waals surface area contributed by atoms with Crippen molar-refractivity contribution < 1.29 is 9.47 Å². The maximum absolute atomic E-state index is 5.52. The van der Waals surface area contributed by atoms with Crippen LogP contribution in [0.1, 0.15) is 26.7 Å². The van der Waals surface area contributed by atoms with Crippen LogP contribution in [0.5, 0.6) is 0 Å². The lowest BCUT2D eigenvalue weighted by Gasteiger charge is -2.22. The standard InChI is InChI=1S/C8H16O2/c1-3-9-7-8(2)5-4-6-10-8/h3-7H2,1-2H3. The van der Waals surface area contributed by atoms with E-state index in [2.05, 4.69) is 6.92 Å². The van der Waals surface area contributed by atoms with Gasteiger partial charge in [0.1, 0.15) is 0 Å². The van der Waals surface area contributed by atoms with E-state index in [1.165, 1.54) is 6.42 Å². The minimum atomic E-state index is 0.0238. The van der Waals surface area contributed by atoms with Crippen LogP contribution in [0.15, 0.2) is 0 Å². The van der Waals surface area contributed by atoms with E-state index in [-0.39, 0.29) is 5.60 Å². The van der Waals surface area contributed by atoms with Crippen molar-refractivity contribution in [2.45, 2.75) is 32.3 Å². The van der Waals surface area contributed by atoms with Crippen molar-refractivity contribution in [3.05, 3.63) is 0 Å². The van der Waals surface area contributed by atoms with Gasteiger partial charge in [0, 0.05) is 13.2 Å². The first kappa shape index (κ1) is 8.02. The lowest BCUT2D eigenvalue weighted by molar-refractivity contribution is -0.0484. The van der Waals surface area contributed by atoms with E-state index in [1.54, 1.807) is 0 Å². The molecule has 0 aromatic heterocycles. The number of hydrogen-bond donors (Lipinski definition) is 0. The van der Waals surface area contributed by atoms with Gasteiger partial charge >= 0.3 is 0 Å². The van der Waals surface area contributed by atoms with Gasteiger partial charge in [0.15, 0.2) is 0 Å². The quantitative estimate of drug-likeness (QED) is 0.599. The molecule has 0 aliphatic carbocycles. The minimum Gasteiger partial charge on any atom is -0.379 e. The van der Waals surface area contributed by atoms with Crippen LogP contribution in [0.3, 0.4) is 0 Å². The van der Waals surface area contributed by atoms with Crippen LogP contribution < -0.4 is 0 Å². The van der Waals surface area contributed by atoms with Gasteiger partial charge in [0.2, 0.25) is 0 Å². The molecule has 1 unspecified atom stereocenters. The molecule has 0 amide bonds. The van der Waals surface area contributed by atoms with Gasteiger partial charge in [-0.05, 0) is 26.7 Å². The van der Waals surface area contributed by atoms with Crippen LogP contribution in [-0.2, 0) is 9.47 Å². The first-order chi connectivity index (χ1) is 4.77. The van der Waals surface area contributed by atoms with Crippen LogP contribution in [0, 0.1) is 0 Å². The molecule has 1 aliphatic rings. The zero-order chi connectivity index (χ0) is 7.45. The van der Waals surface area contributed by atoms with Crippen molar-refractivity contribution >= 4 is 0 Å². The Morgan fingerprint density at radius 3 is 2.90 bits per heavy atom. The maximum atomic E-state index is 5.52. The van der Waals surface area contributed by atoms with Gasteiger partial charge in [-0.15, -0.1) is 0 Å². The third kappa shape index (κ3) is 1.96. The summed E-state index contributed by atoms with van der Waals surface area (Å²) in [6.07, 6.45) is 2.33. The molecule has 0 radical (unpaired) electrons. The van der Waals surface area contributed by atoms with Gasteiger partial charge in [0.25, 0.3) is 0 Å². The Balaban J connectivity index is 2.22. The summed E-state index contributed by atoms with van der Waals surface area (Å²) >= 11 is 0. The Morgan fingerprint density at radius 2 is 2.40 bits per heavy atom. The van der Waals surface area contributed by atoms with Gasteiger partial charge < -0.3 is 9.47 Å². The number of hydrogen-bond acceptors (Lipinski definition) is 2. The van der Waals surface area contributed by atoms with Gasteiger partial charge in [-0.2, -0.15) is 0 Å².